The molecule has 0 saturated carbocycles. The van der Waals surface area contributed by atoms with Crippen LogP contribution < -0.4 is 5.32 Å². The van der Waals surface area contributed by atoms with Crippen molar-refractivity contribution in [1.82, 2.24) is 5.32 Å². The molecule has 0 bridgehead atoms. The Kier molecular flexibility index (Phi) is 3.98. The van der Waals surface area contributed by atoms with E-state index in [0.29, 0.717) is 0 Å². The lowest BCUT2D eigenvalue weighted by Gasteiger charge is -2.09. The fraction of sp³-hybridized carbons (Fsp3) is 0.538. The summed E-state index contributed by atoms with van der Waals surface area (Å²) in [5.74, 6) is 0. The Morgan fingerprint density at radius 3 is 3.13 bits per heavy atom. The lowest BCUT2D eigenvalue weighted by molar-refractivity contribution is 0.531. The number of allylic oxidation sites excluding steroid dienone is 1. The minimum Gasteiger partial charge on any atom is -0.311 e. The van der Waals surface area contributed by atoms with Gasteiger partial charge in [0.25, 0.3) is 0 Å². The van der Waals surface area contributed by atoms with E-state index in [-0.39, 0.29) is 0 Å². The van der Waals surface area contributed by atoms with Gasteiger partial charge in [-0.05, 0) is 50.1 Å². The van der Waals surface area contributed by atoms with E-state index in [2.05, 4.69) is 41.9 Å². The molecule has 1 N–H and O–H groups in total. The van der Waals surface area contributed by atoms with Gasteiger partial charge < -0.3 is 5.32 Å². The topological polar surface area (TPSA) is 12.0 Å². The van der Waals surface area contributed by atoms with Crippen molar-refractivity contribution in [2.24, 2.45) is 0 Å². The van der Waals surface area contributed by atoms with E-state index >= 15 is 0 Å². The van der Waals surface area contributed by atoms with Gasteiger partial charge in [-0.15, -0.1) is 11.3 Å². The van der Waals surface area contributed by atoms with Crippen LogP contribution in [0.2, 0.25) is 0 Å². The summed E-state index contributed by atoms with van der Waals surface area (Å²) in [6.45, 7) is 2.28. The van der Waals surface area contributed by atoms with Crippen LogP contribution in [0.25, 0.3) is 6.08 Å². The smallest absolute Gasteiger partial charge is 0.0267 e. The molecule has 0 radical (unpaired) electrons. The molecular formula is C13H19NS. The number of hydrogen-bond acceptors (Lipinski definition) is 2. The fourth-order valence-electron chi connectivity index (χ4n) is 2.13. The Labute approximate surface area is 96.2 Å². The molecule has 0 aliphatic carbocycles. The average molecular weight is 221 g/mol. The summed E-state index contributed by atoms with van der Waals surface area (Å²) in [5.41, 5.74) is 0. The minimum absolute atomic E-state index is 0.733. The van der Waals surface area contributed by atoms with Crippen molar-refractivity contribution < 1.29 is 0 Å². The summed E-state index contributed by atoms with van der Waals surface area (Å²) in [6.07, 6.45) is 9.72. The molecule has 1 aliphatic heterocycles. The van der Waals surface area contributed by atoms with Gasteiger partial charge in [0.1, 0.15) is 0 Å². The molecule has 1 saturated heterocycles. The van der Waals surface area contributed by atoms with Crippen LogP contribution in [0.15, 0.2) is 23.6 Å². The van der Waals surface area contributed by atoms with Crippen molar-refractivity contribution >= 4 is 17.4 Å². The van der Waals surface area contributed by atoms with Gasteiger partial charge in [-0.25, -0.2) is 0 Å². The van der Waals surface area contributed by atoms with Crippen LogP contribution >= 0.6 is 11.3 Å². The van der Waals surface area contributed by atoms with Gasteiger partial charge in [0.2, 0.25) is 0 Å². The van der Waals surface area contributed by atoms with Crippen LogP contribution in [0.3, 0.4) is 0 Å². The second kappa shape index (κ2) is 5.47. The van der Waals surface area contributed by atoms with E-state index in [4.69, 9.17) is 0 Å². The van der Waals surface area contributed by atoms with Crippen molar-refractivity contribution in [3.8, 4) is 0 Å². The third-order valence-corrected chi connectivity index (χ3v) is 3.81. The van der Waals surface area contributed by atoms with Crippen LogP contribution in [-0.4, -0.2) is 12.1 Å². The Morgan fingerprint density at radius 1 is 1.53 bits per heavy atom. The molecule has 2 rings (SSSR count). The predicted octanol–water partition coefficient (Wildman–Crippen LogP) is 3.68. The third-order valence-electron chi connectivity index (χ3n) is 2.98. The summed E-state index contributed by atoms with van der Waals surface area (Å²) in [7, 11) is 0. The Morgan fingerprint density at radius 2 is 2.47 bits per heavy atom. The van der Waals surface area contributed by atoms with Crippen LogP contribution in [-0.2, 0) is 0 Å². The maximum atomic E-state index is 3.62. The standard InChI is InChI=1S/C13H19NS/c1-11-8-9-12(14-11)5-2-3-6-13-7-4-10-15-13/h3-4,6-7,10-12,14H,2,5,8-9H2,1H3/b6-3+/t11-,12-/m0/s1. The van der Waals surface area contributed by atoms with Gasteiger partial charge in [0, 0.05) is 17.0 Å². The molecule has 2 heteroatoms. The molecule has 1 aromatic rings. The molecule has 15 heavy (non-hydrogen) atoms. The first-order valence-corrected chi connectivity index (χ1v) is 6.68. The van der Waals surface area contributed by atoms with Crippen molar-refractivity contribution in [2.75, 3.05) is 0 Å². The van der Waals surface area contributed by atoms with Crippen LogP contribution in [0.4, 0.5) is 0 Å². The van der Waals surface area contributed by atoms with Gasteiger partial charge in [-0.1, -0.05) is 12.1 Å². The zero-order chi connectivity index (χ0) is 10.5. The largest absolute Gasteiger partial charge is 0.311 e. The van der Waals surface area contributed by atoms with Crippen LogP contribution in [0.5, 0.6) is 0 Å². The summed E-state index contributed by atoms with van der Waals surface area (Å²) in [6, 6.07) is 5.76. The normalized spacial score (nSPS) is 26.5. The molecule has 0 unspecified atom stereocenters. The van der Waals surface area contributed by atoms with Gasteiger partial charge in [-0.2, -0.15) is 0 Å². The van der Waals surface area contributed by atoms with Crippen LogP contribution in [0.1, 0.15) is 37.5 Å². The number of thiophene rings is 1. The van der Waals surface area contributed by atoms with E-state index in [9.17, 15) is 0 Å². The van der Waals surface area contributed by atoms with E-state index in [1.165, 1.54) is 30.6 Å². The van der Waals surface area contributed by atoms with E-state index in [1.807, 2.05) is 0 Å². The summed E-state index contributed by atoms with van der Waals surface area (Å²) < 4.78 is 0. The maximum absolute atomic E-state index is 3.62. The van der Waals surface area contributed by atoms with Crippen molar-refractivity contribution in [2.45, 2.75) is 44.7 Å². The van der Waals surface area contributed by atoms with Crippen molar-refractivity contribution in [3.05, 3.63) is 28.5 Å². The maximum Gasteiger partial charge on any atom is 0.0267 e. The molecule has 1 nitrogen and oxygen atoms in total. The van der Waals surface area contributed by atoms with E-state index < -0.39 is 0 Å². The van der Waals surface area contributed by atoms with Gasteiger partial charge in [0.15, 0.2) is 0 Å². The zero-order valence-electron chi connectivity index (χ0n) is 9.28. The van der Waals surface area contributed by atoms with Crippen LogP contribution in [0, 0.1) is 0 Å². The molecule has 0 spiro atoms. The van der Waals surface area contributed by atoms with Gasteiger partial charge in [-0.3, -0.25) is 0 Å². The van der Waals surface area contributed by atoms with Gasteiger partial charge >= 0.3 is 0 Å². The SMILES string of the molecule is C[C@H]1CC[C@H](CC/C=C/c2cccs2)N1. The molecule has 1 fully saturated rings. The Balaban J connectivity index is 1.67. The Hall–Kier alpha value is -0.600. The molecule has 2 heterocycles. The first-order valence-electron chi connectivity index (χ1n) is 5.80. The van der Waals surface area contributed by atoms with Crippen molar-refractivity contribution in [3.63, 3.8) is 0 Å². The summed E-state index contributed by atoms with van der Waals surface area (Å²) in [4.78, 5) is 1.36. The highest BCUT2D eigenvalue weighted by molar-refractivity contribution is 7.10. The quantitative estimate of drug-likeness (QED) is 0.818. The molecule has 82 valence electrons. The first kappa shape index (κ1) is 10.9. The molecule has 1 aliphatic rings. The van der Waals surface area contributed by atoms with E-state index in [1.54, 1.807) is 11.3 Å². The highest BCUT2D eigenvalue weighted by Gasteiger charge is 2.18. The van der Waals surface area contributed by atoms with Crippen molar-refractivity contribution in [1.29, 1.82) is 0 Å². The fourth-order valence-corrected chi connectivity index (χ4v) is 2.78. The summed E-state index contributed by atoms with van der Waals surface area (Å²) >= 11 is 1.80. The zero-order valence-corrected chi connectivity index (χ0v) is 10.1. The second-order valence-electron chi connectivity index (χ2n) is 4.34. The lowest BCUT2D eigenvalue weighted by Crippen LogP contribution is -2.26. The molecule has 1 aromatic heterocycles. The monoisotopic (exact) mass is 221 g/mol. The third kappa shape index (κ3) is 3.47. The Bertz CT molecular complexity index is 302. The lowest BCUT2D eigenvalue weighted by atomic mass is 10.1. The highest BCUT2D eigenvalue weighted by atomic mass is 32.1. The minimum atomic E-state index is 0.733. The average Bonchev–Trinajstić information content (AvgIpc) is 2.84. The van der Waals surface area contributed by atoms with E-state index in [0.717, 1.165) is 12.1 Å². The molecule has 0 aromatic carbocycles. The number of rotatable bonds is 4. The predicted molar refractivity (Wildman–Crippen MR) is 68.2 cm³/mol. The number of hydrogen-bond donors (Lipinski definition) is 1. The first-order chi connectivity index (χ1) is 7.34. The summed E-state index contributed by atoms with van der Waals surface area (Å²) in [5, 5.41) is 5.74. The molecule has 0 amide bonds. The molecule has 2 atom stereocenters. The van der Waals surface area contributed by atoms with Gasteiger partial charge in [0.05, 0.1) is 0 Å². The molecular weight excluding hydrogens is 202 g/mol. The number of nitrogens with one attached hydrogen (secondary N) is 1. The second-order valence-corrected chi connectivity index (χ2v) is 5.32. The highest BCUT2D eigenvalue weighted by Crippen LogP contribution is 2.17.